The molecule has 24 heavy (non-hydrogen) atoms. The van der Waals surface area contributed by atoms with Gasteiger partial charge in [-0.1, -0.05) is 6.42 Å². The van der Waals surface area contributed by atoms with Crippen LogP contribution >= 0.6 is 0 Å². The molecule has 0 bridgehead atoms. The molecule has 0 spiro atoms. The molecule has 3 aliphatic heterocycles. The van der Waals surface area contributed by atoms with Crippen LogP contribution in [0.4, 0.5) is 0 Å². The Balaban J connectivity index is 1.65. The third kappa shape index (κ3) is 3.77. The highest BCUT2D eigenvalue weighted by Gasteiger charge is 2.42. The van der Waals surface area contributed by atoms with E-state index in [9.17, 15) is 4.79 Å². The fourth-order valence-corrected chi connectivity index (χ4v) is 4.44. The Bertz CT molecular complexity index is 412. The number of ether oxygens (including phenoxy) is 2. The number of hydrogen-bond acceptors (Lipinski definition) is 5. The zero-order valence-corrected chi connectivity index (χ0v) is 14.9. The van der Waals surface area contributed by atoms with Crippen molar-refractivity contribution < 1.29 is 14.3 Å². The van der Waals surface area contributed by atoms with E-state index >= 15 is 0 Å². The summed E-state index contributed by atoms with van der Waals surface area (Å²) in [5.41, 5.74) is 5.60. The van der Waals surface area contributed by atoms with Crippen LogP contribution in [0.1, 0.15) is 44.9 Å². The van der Waals surface area contributed by atoms with Crippen molar-refractivity contribution in [3.8, 4) is 0 Å². The summed E-state index contributed by atoms with van der Waals surface area (Å²) in [5.74, 6) is 0.121. The molecular weight excluding hydrogens is 306 g/mol. The van der Waals surface area contributed by atoms with Crippen LogP contribution in [0.2, 0.25) is 0 Å². The largest absolute Gasteiger partial charge is 0.381 e. The second kappa shape index (κ2) is 8.13. The molecule has 0 saturated carbocycles. The van der Waals surface area contributed by atoms with Gasteiger partial charge in [-0.25, -0.2) is 0 Å². The van der Waals surface area contributed by atoms with Gasteiger partial charge in [0.15, 0.2) is 0 Å². The molecule has 3 N–H and O–H groups in total. The standard InChI is InChI=1S/C18H33N3O3/c19-14-17(4-10-23-11-5-17)16(22)20-15-18(6-12-24-13-7-18)21-8-2-1-3-9-21/h1-15,19H2,(H,20,22). The zero-order chi connectivity index (χ0) is 16.9. The lowest BCUT2D eigenvalue weighted by Gasteiger charge is -2.48. The molecule has 138 valence electrons. The molecular formula is C18H33N3O3. The average Bonchev–Trinajstić information content (AvgIpc) is 2.68. The first-order valence-corrected chi connectivity index (χ1v) is 9.60. The maximum Gasteiger partial charge on any atom is 0.227 e. The van der Waals surface area contributed by atoms with Crippen molar-refractivity contribution in [1.29, 1.82) is 0 Å². The molecule has 0 radical (unpaired) electrons. The van der Waals surface area contributed by atoms with E-state index in [-0.39, 0.29) is 11.4 Å². The van der Waals surface area contributed by atoms with Crippen molar-refractivity contribution in [2.24, 2.45) is 11.1 Å². The Hall–Kier alpha value is -0.690. The number of nitrogens with one attached hydrogen (secondary N) is 1. The highest BCUT2D eigenvalue weighted by atomic mass is 16.5. The van der Waals surface area contributed by atoms with Crippen molar-refractivity contribution >= 4 is 5.91 Å². The van der Waals surface area contributed by atoms with Gasteiger partial charge in [0.05, 0.1) is 5.41 Å². The van der Waals surface area contributed by atoms with Gasteiger partial charge in [-0.05, 0) is 51.6 Å². The Labute approximate surface area is 145 Å². The van der Waals surface area contributed by atoms with Crippen LogP contribution in [0, 0.1) is 5.41 Å². The summed E-state index contributed by atoms with van der Waals surface area (Å²) in [6.07, 6.45) is 7.33. The average molecular weight is 339 g/mol. The summed E-state index contributed by atoms with van der Waals surface area (Å²) in [5, 5.41) is 3.28. The lowest BCUT2D eigenvalue weighted by molar-refractivity contribution is -0.137. The molecule has 3 heterocycles. The second-order valence-corrected chi connectivity index (χ2v) is 7.66. The van der Waals surface area contributed by atoms with Crippen LogP contribution < -0.4 is 11.1 Å². The summed E-state index contributed by atoms with van der Waals surface area (Å²) in [7, 11) is 0. The van der Waals surface area contributed by atoms with Crippen molar-refractivity contribution in [3.63, 3.8) is 0 Å². The monoisotopic (exact) mass is 339 g/mol. The van der Waals surface area contributed by atoms with E-state index in [1.807, 2.05) is 0 Å². The van der Waals surface area contributed by atoms with Crippen molar-refractivity contribution in [2.75, 3.05) is 52.6 Å². The minimum Gasteiger partial charge on any atom is -0.381 e. The second-order valence-electron chi connectivity index (χ2n) is 7.66. The SMILES string of the molecule is NCC1(C(=O)NCC2(N3CCCCC3)CCOCC2)CCOCC1. The highest BCUT2D eigenvalue weighted by Crippen LogP contribution is 2.32. The number of rotatable bonds is 5. The molecule has 6 heteroatoms. The number of hydrogen-bond donors (Lipinski definition) is 2. The van der Waals surface area contributed by atoms with Gasteiger partial charge in [0, 0.05) is 45.1 Å². The maximum absolute atomic E-state index is 12.9. The number of carbonyl (C=O) groups is 1. The van der Waals surface area contributed by atoms with E-state index < -0.39 is 5.41 Å². The van der Waals surface area contributed by atoms with Gasteiger partial charge in [0.25, 0.3) is 0 Å². The van der Waals surface area contributed by atoms with Gasteiger partial charge in [-0.3, -0.25) is 9.69 Å². The van der Waals surface area contributed by atoms with Crippen molar-refractivity contribution in [3.05, 3.63) is 0 Å². The van der Waals surface area contributed by atoms with Crippen LogP contribution in [0.25, 0.3) is 0 Å². The smallest absolute Gasteiger partial charge is 0.227 e. The number of likely N-dealkylation sites (tertiary alicyclic amines) is 1. The first kappa shape index (κ1) is 18.1. The predicted octanol–water partition coefficient (Wildman–Crippen LogP) is 0.893. The van der Waals surface area contributed by atoms with Gasteiger partial charge in [-0.15, -0.1) is 0 Å². The molecule has 3 fully saturated rings. The van der Waals surface area contributed by atoms with Gasteiger partial charge in [-0.2, -0.15) is 0 Å². The topological polar surface area (TPSA) is 76.8 Å². The first-order chi connectivity index (χ1) is 11.7. The number of piperidine rings is 1. The Morgan fingerprint density at radius 1 is 0.958 bits per heavy atom. The maximum atomic E-state index is 12.9. The summed E-state index contributed by atoms with van der Waals surface area (Å²) in [6, 6.07) is 0. The third-order valence-electron chi connectivity index (χ3n) is 6.35. The normalized spacial score (nSPS) is 27.5. The summed E-state index contributed by atoms with van der Waals surface area (Å²) in [4.78, 5) is 15.5. The molecule has 6 nitrogen and oxygen atoms in total. The molecule has 0 aromatic heterocycles. The minimum absolute atomic E-state index is 0.0648. The first-order valence-electron chi connectivity index (χ1n) is 9.60. The van der Waals surface area contributed by atoms with Crippen LogP contribution in [0.5, 0.6) is 0 Å². The van der Waals surface area contributed by atoms with E-state index in [2.05, 4.69) is 10.2 Å². The molecule has 0 unspecified atom stereocenters. The fourth-order valence-electron chi connectivity index (χ4n) is 4.44. The molecule has 0 atom stereocenters. The summed E-state index contributed by atoms with van der Waals surface area (Å²) in [6.45, 7) is 6.27. The molecule has 0 aliphatic carbocycles. The van der Waals surface area contributed by atoms with Crippen LogP contribution in [-0.2, 0) is 14.3 Å². The lowest BCUT2D eigenvalue weighted by atomic mass is 9.78. The Morgan fingerprint density at radius 3 is 2.12 bits per heavy atom. The highest BCUT2D eigenvalue weighted by molar-refractivity contribution is 5.83. The zero-order valence-electron chi connectivity index (χ0n) is 14.9. The molecule has 0 aromatic carbocycles. The van der Waals surface area contributed by atoms with Crippen molar-refractivity contribution in [2.45, 2.75) is 50.5 Å². The number of nitrogens with zero attached hydrogens (tertiary/aromatic N) is 1. The number of amides is 1. The molecule has 0 aromatic rings. The molecule has 1 amide bonds. The van der Waals surface area contributed by atoms with Crippen LogP contribution in [-0.4, -0.2) is 69.0 Å². The predicted molar refractivity (Wildman–Crippen MR) is 92.8 cm³/mol. The molecule has 3 saturated heterocycles. The van der Waals surface area contributed by atoms with E-state index in [0.717, 1.165) is 58.5 Å². The number of nitrogens with two attached hydrogens (primary N) is 1. The van der Waals surface area contributed by atoms with Gasteiger partial charge in [0.1, 0.15) is 0 Å². The quantitative estimate of drug-likeness (QED) is 0.778. The minimum atomic E-state index is -0.438. The summed E-state index contributed by atoms with van der Waals surface area (Å²) < 4.78 is 11.0. The van der Waals surface area contributed by atoms with Crippen LogP contribution in [0.15, 0.2) is 0 Å². The van der Waals surface area contributed by atoms with Crippen molar-refractivity contribution in [1.82, 2.24) is 10.2 Å². The fraction of sp³-hybridized carbons (Fsp3) is 0.944. The molecule has 3 rings (SSSR count). The van der Waals surface area contributed by atoms with Gasteiger partial charge < -0.3 is 20.5 Å². The van der Waals surface area contributed by atoms with E-state index in [4.69, 9.17) is 15.2 Å². The Kier molecular flexibility index (Phi) is 6.13. The van der Waals surface area contributed by atoms with Gasteiger partial charge in [0.2, 0.25) is 5.91 Å². The van der Waals surface area contributed by atoms with E-state index in [1.165, 1.54) is 19.3 Å². The van der Waals surface area contributed by atoms with E-state index in [1.54, 1.807) is 0 Å². The van der Waals surface area contributed by atoms with Crippen LogP contribution in [0.3, 0.4) is 0 Å². The van der Waals surface area contributed by atoms with E-state index in [0.29, 0.717) is 19.8 Å². The lowest BCUT2D eigenvalue weighted by Crippen LogP contribution is -2.61. The summed E-state index contributed by atoms with van der Waals surface area (Å²) >= 11 is 0. The third-order valence-corrected chi connectivity index (χ3v) is 6.35. The Morgan fingerprint density at radius 2 is 1.54 bits per heavy atom. The molecule has 3 aliphatic rings. The number of carbonyl (C=O) groups excluding carboxylic acids is 1. The van der Waals surface area contributed by atoms with Gasteiger partial charge >= 0.3 is 0 Å².